The summed E-state index contributed by atoms with van der Waals surface area (Å²) in [6.45, 7) is 0. The van der Waals surface area contributed by atoms with Crippen LogP contribution < -0.4 is 15.5 Å². The summed E-state index contributed by atoms with van der Waals surface area (Å²) in [6, 6.07) is 15.2. The summed E-state index contributed by atoms with van der Waals surface area (Å²) in [5.41, 5.74) is 7.23. The zero-order valence-corrected chi connectivity index (χ0v) is 16.2. The Bertz CT molecular complexity index is 821. The van der Waals surface area contributed by atoms with E-state index >= 15 is 0 Å². The van der Waals surface area contributed by atoms with Crippen LogP contribution in [0.5, 0.6) is 0 Å². The van der Waals surface area contributed by atoms with Crippen LogP contribution in [-0.4, -0.2) is 42.6 Å². The van der Waals surface area contributed by atoms with Gasteiger partial charge in [0.25, 0.3) is 0 Å². The monoisotopic (exact) mass is 435 g/mol. The van der Waals surface area contributed by atoms with Crippen molar-refractivity contribution >= 4 is 46.0 Å². The third-order valence-electron chi connectivity index (χ3n) is 3.38. The molecule has 1 unspecified atom stereocenters. The van der Waals surface area contributed by atoms with E-state index in [-0.39, 0.29) is 19.7 Å². The average molecular weight is 434 g/mol. The van der Waals surface area contributed by atoms with E-state index in [9.17, 15) is 9.59 Å². The van der Waals surface area contributed by atoms with Gasteiger partial charge in [0.15, 0.2) is 0 Å². The Kier molecular flexibility index (Phi) is 7.70. The summed E-state index contributed by atoms with van der Waals surface area (Å²) in [7, 11) is 1.60. The van der Waals surface area contributed by atoms with Crippen LogP contribution in [0.15, 0.2) is 48.5 Å². The third-order valence-corrected chi connectivity index (χ3v) is 7.75. The first-order valence-electron chi connectivity index (χ1n) is 7.69. The van der Waals surface area contributed by atoms with E-state index in [0.717, 1.165) is 4.46 Å². The van der Waals surface area contributed by atoms with Gasteiger partial charge in [-0.3, -0.25) is 0 Å². The number of amides is 1. The summed E-state index contributed by atoms with van der Waals surface area (Å²) in [5, 5.41) is 20.4. The van der Waals surface area contributed by atoms with Crippen molar-refractivity contribution in [2.45, 2.75) is 12.5 Å². The van der Waals surface area contributed by atoms with Gasteiger partial charge < -0.3 is 0 Å². The van der Waals surface area contributed by atoms with Crippen molar-refractivity contribution in [2.75, 3.05) is 11.1 Å². The van der Waals surface area contributed by atoms with Crippen molar-refractivity contribution in [2.24, 2.45) is 5.73 Å². The predicted octanol–water partition coefficient (Wildman–Crippen LogP) is 1.59. The van der Waals surface area contributed by atoms with Crippen LogP contribution in [0, 0.1) is 11.3 Å². The molecule has 6 nitrogen and oxygen atoms in total. The number of carboxylic acids is 1. The van der Waals surface area contributed by atoms with E-state index in [1.54, 1.807) is 46.6 Å². The van der Waals surface area contributed by atoms with Crippen LogP contribution in [0.2, 0.25) is 0 Å². The van der Waals surface area contributed by atoms with Gasteiger partial charge in [-0.25, -0.2) is 0 Å². The molecule has 0 heterocycles. The summed E-state index contributed by atoms with van der Waals surface area (Å²) >= 11 is -0.0309. The first-order valence-corrected chi connectivity index (χ1v) is 11.6. The number of hydrogen-bond acceptors (Lipinski definition) is 5. The van der Waals surface area contributed by atoms with Crippen LogP contribution in [0.25, 0.3) is 0 Å². The number of aliphatic carboxylic acids is 1. The Hall–Kier alpha value is -2.30. The number of nitrogens with two attached hydrogens (primary N) is 1. The molecule has 1 amide bonds. The van der Waals surface area contributed by atoms with E-state index in [4.69, 9.17) is 16.1 Å². The van der Waals surface area contributed by atoms with Crippen LogP contribution >= 0.6 is 10.2 Å². The molecular formula is C18H17N3O3SSe. The standard InChI is InChI=1S/C18H17N3O3SSe/c19-11-12-5-7-13(8-6-12)21-17(22)14-3-1-2-4-16(14)26-25-10-9-15(20)18(23)24/h1-8,15H,9-10,20H2,(H,21,22)(H,23,24). The summed E-state index contributed by atoms with van der Waals surface area (Å²) in [6.07, 6.45) is 0.390. The Morgan fingerprint density at radius 3 is 2.58 bits per heavy atom. The van der Waals surface area contributed by atoms with Crippen LogP contribution in [0.4, 0.5) is 5.69 Å². The molecule has 0 saturated carbocycles. The molecule has 0 aliphatic heterocycles. The average Bonchev–Trinajstić information content (AvgIpc) is 2.65. The quantitative estimate of drug-likeness (QED) is 0.429. The molecule has 26 heavy (non-hydrogen) atoms. The molecule has 4 N–H and O–H groups in total. The van der Waals surface area contributed by atoms with Crippen LogP contribution in [0.3, 0.4) is 0 Å². The number of anilines is 1. The van der Waals surface area contributed by atoms with E-state index in [1.165, 1.54) is 0 Å². The van der Waals surface area contributed by atoms with Crippen molar-refractivity contribution in [1.29, 1.82) is 5.26 Å². The van der Waals surface area contributed by atoms with E-state index in [0.29, 0.717) is 29.0 Å². The molecule has 2 aromatic carbocycles. The van der Waals surface area contributed by atoms with Crippen molar-refractivity contribution in [3.05, 3.63) is 59.7 Å². The number of rotatable bonds is 8. The maximum atomic E-state index is 12.5. The molecule has 0 aliphatic carbocycles. The van der Waals surface area contributed by atoms with Gasteiger partial charge in [0, 0.05) is 0 Å². The topological polar surface area (TPSA) is 116 Å². The molecule has 0 aliphatic rings. The van der Waals surface area contributed by atoms with E-state index < -0.39 is 12.0 Å². The molecular weight excluding hydrogens is 417 g/mol. The second-order valence-electron chi connectivity index (χ2n) is 5.28. The number of carbonyl (C=O) groups excluding carboxylic acids is 1. The van der Waals surface area contributed by atoms with Crippen LogP contribution in [-0.2, 0) is 4.79 Å². The van der Waals surface area contributed by atoms with Gasteiger partial charge in [0.2, 0.25) is 0 Å². The second-order valence-corrected chi connectivity index (χ2v) is 9.54. The number of benzene rings is 2. The Morgan fingerprint density at radius 2 is 1.92 bits per heavy atom. The van der Waals surface area contributed by atoms with Gasteiger partial charge in [-0.1, -0.05) is 0 Å². The predicted molar refractivity (Wildman–Crippen MR) is 104 cm³/mol. The Balaban J connectivity index is 1.97. The Morgan fingerprint density at radius 1 is 1.23 bits per heavy atom. The molecule has 2 rings (SSSR count). The van der Waals surface area contributed by atoms with Crippen LogP contribution in [0.1, 0.15) is 22.3 Å². The molecule has 8 heteroatoms. The minimum absolute atomic E-state index is 0.0309. The van der Waals surface area contributed by atoms with Gasteiger partial charge in [0.05, 0.1) is 0 Å². The van der Waals surface area contributed by atoms with Crippen molar-refractivity contribution in [3.8, 4) is 6.07 Å². The zero-order chi connectivity index (χ0) is 18.9. The molecule has 0 saturated heterocycles. The molecule has 0 radical (unpaired) electrons. The number of nitrogens with zero attached hydrogens (tertiary/aromatic N) is 1. The fraction of sp³-hybridized carbons (Fsp3) is 0.167. The Labute approximate surface area is 161 Å². The second kappa shape index (κ2) is 10.00. The molecule has 0 fully saturated rings. The fourth-order valence-electron chi connectivity index (χ4n) is 1.96. The number of nitriles is 1. The summed E-state index contributed by atoms with van der Waals surface area (Å²) in [5.74, 6) is -0.589. The zero-order valence-electron chi connectivity index (χ0n) is 13.7. The SMILES string of the molecule is N#Cc1ccc(NC(=O)c2ccccc2[Se]SCCC(N)C(=O)O)cc1. The van der Waals surface area contributed by atoms with Gasteiger partial charge in [0.1, 0.15) is 0 Å². The van der Waals surface area contributed by atoms with E-state index in [2.05, 4.69) is 5.32 Å². The normalized spacial score (nSPS) is 11.4. The molecule has 1 atom stereocenters. The number of nitrogens with one attached hydrogen (secondary N) is 1. The summed E-state index contributed by atoms with van der Waals surface area (Å²) < 4.78 is 0.931. The molecule has 2 aromatic rings. The van der Waals surface area contributed by atoms with Gasteiger partial charge >= 0.3 is 161 Å². The molecule has 0 spiro atoms. The number of carboxylic acid groups (broad SMARTS) is 1. The first-order chi connectivity index (χ1) is 12.5. The van der Waals surface area contributed by atoms with Gasteiger partial charge in [-0.2, -0.15) is 0 Å². The minimum atomic E-state index is -1.000. The summed E-state index contributed by atoms with van der Waals surface area (Å²) in [4.78, 5) is 23.3. The fourth-order valence-corrected chi connectivity index (χ4v) is 6.01. The third kappa shape index (κ3) is 5.90. The maximum absolute atomic E-state index is 12.5. The molecule has 0 aromatic heterocycles. The van der Waals surface area contributed by atoms with Crippen molar-refractivity contribution in [1.82, 2.24) is 0 Å². The first kappa shape index (κ1) is 20.0. The molecule has 134 valence electrons. The van der Waals surface area contributed by atoms with E-state index in [1.807, 2.05) is 18.2 Å². The molecule has 0 bridgehead atoms. The van der Waals surface area contributed by atoms with Crippen molar-refractivity contribution in [3.63, 3.8) is 0 Å². The number of hydrogen-bond donors (Lipinski definition) is 3. The van der Waals surface area contributed by atoms with Gasteiger partial charge in [-0.15, -0.1) is 0 Å². The van der Waals surface area contributed by atoms with Crippen molar-refractivity contribution < 1.29 is 14.7 Å². The number of carbonyl (C=O) groups is 2. The van der Waals surface area contributed by atoms with Gasteiger partial charge in [-0.05, 0) is 0 Å².